The summed E-state index contributed by atoms with van der Waals surface area (Å²) < 4.78 is 4.10. The van der Waals surface area contributed by atoms with Gasteiger partial charge in [0.1, 0.15) is 10.3 Å². The molecule has 0 amide bonds. The summed E-state index contributed by atoms with van der Waals surface area (Å²) in [7, 11) is 0. The molecule has 0 aromatic rings. The van der Waals surface area contributed by atoms with Crippen molar-refractivity contribution in [2.45, 2.75) is 45.0 Å². The Morgan fingerprint density at radius 2 is 1.67 bits per heavy atom. The van der Waals surface area contributed by atoms with E-state index in [-0.39, 0.29) is 11.7 Å². The van der Waals surface area contributed by atoms with E-state index in [0.29, 0.717) is 0 Å². The molecule has 0 aromatic carbocycles. The SMILES string of the molecule is CC(C)(C)OC(=O)CSC(C)(C)C(=O)O. The second kappa shape index (κ2) is 4.88. The molecule has 1 N–H and O–H groups in total. The smallest absolute Gasteiger partial charge is 0.319 e. The molecule has 0 bridgehead atoms. The van der Waals surface area contributed by atoms with E-state index in [2.05, 4.69) is 0 Å². The first-order valence-corrected chi connectivity index (χ1v) is 5.62. The van der Waals surface area contributed by atoms with Crippen LogP contribution in [0.25, 0.3) is 0 Å². The highest BCUT2D eigenvalue weighted by Gasteiger charge is 2.29. The van der Waals surface area contributed by atoms with E-state index in [1.807, 2.05) is 0 Å². The number of thioether (sulfide) groups is 1. The standard InChI is InChI=1S/C10H18O4S/c1-9(2,3)14-7(11)6-15-10(4,5)8(12)13/h6H2,1-5H3,(H,12,13). The lowest BCUT2D eigenvalue weighted by Crippen LogP contribution is -2.31. The van der Waals surface area contributed by atoms with E-state index in [9.17, 15) is 9.59 Å². The molecular formula is C10H18O4S. The summed E-state index contributed by atoms with van der Waals surface area (Å²) in [4.78, 5) is 22.0. The van der Waals surface area contributed by atoms with Gasteiger partial charge in [-0.05, 0) is 34.6 Å². The van der Waals surface area contributed by atoms with E-state index in [1.54, 1.807) is 34.6 Å². The summed E-state index contributed by atoms with van der Waals surface area (Å²) in [6.45, 7) is 8.45. The first-order chi connectivity index (χ1) is 6.54. The van der Waals surface area contributed by atoms with Crippen LogP contribution in [0.15, 0.2) is 0 Å². The third-order valence-electron chi connectivity index (χ3n) is 1.49. The third-order valence-corrected chi connectivity index (χ3v) is 2.76. The molecule has 0 fully saturated rings. The van der Waals surface area contributed by atoms with Crippen LogP contribution in [0, 0.1) is 0 Å². The minimum absolute atomic E-state index is 0.0522. The molecule has 0 spiro atoms. The molecule has 0 saturated carbocycles. The average molecular weight is 234 g/mol. The van der Waals surface area contributed by atoms with Crippen LogP contribution in [-0.4, -0.2) is 33.1 Å². The van der Waals surface area contributed by atoms with Crippen LogP contribution in [0.1, 0.15) is 34.6 Å². The lowest BCUT2D eigenvalue weighted by Gasteiger charge is -2.22. The van der Waals surface area contributed by atoms with Crippen molar-refractivity contribution < 1.29 is 19.4 Å². The van der Waals surface area contributed by atoms with Crippen molar-refractivity contribution in [3.05, 3.63) is 0 Å². The van der Waals surface area contributed by atoms with Crippen molar-refractivity contribution >= 4 is 23.7 Å². The second-order valence-electron chi connectivity index (χ2n) is 4.69. The number of hydrogen-bond acceptors (Lipinski definition) is 4. The molecule has 0 aliphatic rings. The Bertz CT molecular complexity index is 253. The number of ether oxygens (including phenoxy) is 1. The summed E-state index contributed by atoms with van der Waals surface area (Å²) in [6.07, 6.45) is 0. The quantitative estimate of drug-likeness (QED) is 0.753. The van der Waals surface area contributed by atoms with Gasteiger partial charge in [0.05, 0.1) is 5.75 Å². The highest BCUT2D eigenvalue weighted by atomic mass is 32.2. The molecule has 0 unspecified atom stereocenters. The molecule has 0 heterocycles. The zero-order chi connectivity index (χ0) is 12.3. The Hall–Kier alpha value is -0.710. The Balaban J connectivity index is 4.07. The Morgan fingerprint density at radius 3 is 2.00 bits per heavy atom. The predicted molar refractivity (Wildman–Crippen MR) is 60.0 cm³/mol. The van der Waals surface area contributed by atoms with Gasteiger partial charge < -0.3 is 9.84 Å². The monoisotopic (exact) mass is 234 g/mol. The van der Waals surface area contributed by atoms with E-state index in [0.717, 1.165) is 11.8 Å². The molecule has 15 heavy (non-hydrogen) atoms. The summed E-state index contributed by atoms with van der Waals surface area (Å²) in [6, 6.07) is 0. The van der Waals surface area contributed by atoms with Crippen molar-refractivity contribution in [1.29, 1.82) is 0 Å². The van der Waals surface area contributed by atoms with E-state index in [1.165, 1.54) is 0 Å². The molecule has 0 radical (unpaired) electrons. The third kappa shape index (κ3) is 6.38. The van der Waals surface area contributed by atoms with Crippen molar-refractivity contribution in [1.82, 2.24) is 0 Å². The molecule has 0 saturated heterocycles. The number of carboxylic acid groups (broad SMARTS) is 1. The largest absolute Gasteiger partial charge is 0.480 e. The van der Waals surface area contributed by atoms with Crippen molar-refractivity contribution in [2.75, 3.05) is 5.75 Å². The van der Waals surface area contributed by atoms with Gasteiger partial charge >= 0.3 is 11.9 Å². The van der Waals surface area contributed by atoms with Crippen LogP contribution in [0.3, 0.4) is 0 Å². The Labute approximate surface area is 94.4 Å². The first kappa shape index (κ1) is 14.3. The molecule has 4 nitrogen and oxygen atoms in total. The highest BCUT2D eigenvalue weighted by molar-refractivity contribution is 8.01. The van der Waals surface area contributed by atoms with Gasteiger partial charge in [-0.3, -0.25) is 9.59 Å². The summed E-state index contributed by atoms with van der Waals surface area (Å²) in [5.41, 5.74) is -0.523. The van der Waals surface area contributed by atoms with E-state index in [4.69, 9.17) is 9.84 Å². The molecule has 88 valence electrons. The van der Waals surface area contributed by atoms with E-state index >= 15 is 0 Å². The number of aliphatic carboxylic acids is 1. The van der Waals surface area contributed by atoms with Crippen LogP contribution in [0.2, 0.25) is 0 Å². The van der Waals surface area contributed by atoms with Gasteiger partial charge in [-0.1, -0.05) is 0 Å². The normalized spacial score (nSPS) is 12.3. The van der Waals surface area contributed by atoms with Crippen molar-refractivity contribution in [3.8, 4) is 0 Å². The molecule has 0 rings (SSSR count). The zero-order valence-corrected chi connectivity index (χ0v) is 10.6. The number of rotatable bonds is 4. The van der Waals surface area contributed by atoms with Gasteiger partial charge in [-0.2, -0.15) is 0 Å². The average Bonchev–Trinajstić information content (AvgIpc) is 1.97. The number of carbonyl (C=O) groups excluding carboxylic acids is 1. The lowest BCUT2D eigenvalue weighted by atomic mass is 10.2. The fourth-order valence-electron chi connectivity index (χ4n) is 0.672. The topological polar surface area (TPSA) is 63.6 Å². The van der Waals surface area contributed by atoms with Gasteiger partial charge in [0.2, 0.25) is 0 Å². The summed E-state index contributed by atoms with van der Waals surface area (Å²) in [5, 5.41) is 8.81. The van der Waals surface area contributed by atoms with Crippen LogP contribution in [0.4, 0.5) is 0 Å². The highest BCUT2D eigenvalue weighted by Crippen LogP contribution is 2.25. The Kier molecular flexibility index (Phi) is 4.65. The number of carboxylic acids is 1. The first-order valence-electron chi connectivity index (χ1n) is 4.64. The molecule has 0 aliphatic heterocycles. The van der Waals surface area contributed by atoms with Gasteiger partial charge in [-0.15, -0.1) is 11.8 Å². The maximum atomic E-state index is 11.3. The van der Waals surface area contributed by atoms with Crippen LogP contribution < -0.4 is 0 Å². The minimum Gasteiger partial charge on any atom is -0.480 e. The van der Waals surface area contributed by atoms with Crippen LogP contribution in [0.5, 0.6) is 0 Å². The number of carbonyl (C=O) groups is 2. The minimum atomic E-state index is -0.961. The number of hydrogen-bond donors (Lipinski definition) is 1. The molecule has 0 aliphatic carbocycles. The molecule has 0 aromatic heterocycles. The summed E-state index contributed by atoms with van der Waals surface area (Å²) >= 11 is 1.06. The molecule has 5 heteroatoms. The van der Waals surface area contributed by atoms with Crippen LogP contribution in [-0.2, 0) is 14.3 Å². The van der Waals surface area contributed by atoms with Gasteiger partial charge in [0, 0.05) is 0 Å². The maximum absolute atomic E-state index is 11.3. The van der Waals surface area contributed by atoms with Crippen molar-refractivity contribution in [2.24, 2.45) is 0 Å². The van der Waals surface area contributed by atoms with Gasteiger partial charge in [0.25, 0.3) is 0 Å². The fourth-order valence-corrected chi connectivity index (χ4v) is 1.33. The predicted octanol–water partition coefficient (Wildman–Crippen LogP) is 1.92. The van der Waals surface area contributed by atoms with E-state index < -0.39 is 16.3 Å². The van der Waals surface area contributed by atoms with Crippen LogP contribution >= 0.6 is 11.8 Å². The fraction of sp³-hybridized carbons (Fsp3) is 0.800. The Morgan fingerprint density at radius 1 is 1.20 bits per heavy atom. The maximum Gasteiger partial charge on any atom is 0.319 e. The number of esters is 1. The zero-order valence-electron chi connectivity index (χ0n) is 9.79. The molecular weight excluding hydrogens is 216 g/mol. The second-order valence-corrected chi connectivity index (χ2v) is 6.29. The lowest BCUT2D eigenvalue weighted by molar-refractivity contribution is -0.151. The molecule has 0 atom stereocenters. The summed E-state index contributed by atoms with van der Waals surface area (Å²) in [5.74, 6) is -1.27. The van der Waals surface area contributed by atoms with Gasteiger partial charge in [0.15, 0.2) is 0 Å². The van der Waals surface area contributed by atoms with Crippen molar-refractivity contribution in [3.63, 3.8) is 0 Å². The van der Waals surface area contributed by atoms with Gasteiger partial charge in [-0.25, -0.2) is 0 Å².